The van der Waals surface area contributed by atoms with Gasteiger partial charge in [0.1, 0.15) is 5.75 Å². The first-order chi connectivity index (χ1) is 8.81. The molecule has 19 heavy (non-hydrogen) atoms. The van der Waals surface area contributed by atoms with Crippen molar-refractivity contribution in [3.8, 4) is 5.75 Å². The van der Waals surface area contributed by atoms with Crippen molar-refractivity contribution in [1.82, 2.24) is 4.31 Å². The summed E-state index contributed by atoms with van der Waals surface area (Å²) in [6, 6.07) is 3.70. The molecule has 0 spiro atoms. The molecule has 6 heteroatoms. The van der Waals surface area contributed by atoms with Gasteiger partial charge >= 0.3 is 10.3 Å². The van der Waals surface area contributed by atoms with Crippen LogP contribution in [0.1, 0.15) is 29.5 Å². The maximum atomic E-state index is 12.1. The summed E-state index contributed by atoms with van der Waals surface area (Å²) in [6.07, 6.45) is 0.807. The summed E-state index contributed by atoms with van der Waals surface area (Å²) in [5.74, 6) is -0.0901. The highest BCUT2D eigenvalue weighted by molar-refractivity contribution is 7.85. The van der Waals surface area contributed by atoms with Crippen LogP contribution in [0.25, 0.3) is 0 Å². The van der Waals surface area contributed by atoms with Gasteiger partial charge in [-0.2, -0.15) is 8.42 Å². The van der Waals surface area contributed by atoms with Crippen LogP contribution in [0.15, 0.2) is 12.1 Å². The number of aryl methyl sites for hydroxylation is 3. The first kappa shape index (κ1) is 13.9. The smallest absolute Gasteiger partial charge is 0.366 e. The molecule has 104 valence electrons. The van der Waals surface area contributed by atoms with Crippen molar-refractivity contribution in [2.45, 2.75) is 33.6 Å². The molecule has 1 aromatic carbocycles. The van der Waals surface area contributed by atoms with Crippen molar-refractivity contribution >= 4 is 16.2 Å². The monoisotopic (exact) mass is 283 g/mol. The van der Waals surface area contributed by atoms with Gasteiger partial charge < -0.3 is 4.18 Å². The Morgan fingerprint density at radius 2 is 1.74 bits per heavy atom. The molecule has 0 N–H and O–H groups in total. The molecule has 2 rings (SSSR count). The van der Waals surface area contributed by atoms with Gasteiger partial charge in [-0.25, -0.2) is 4.31 Å². The first-order valence-corrected chi connectivity index (χ1v) is 7.50. The lowest BCUT2D eigenvalue weighted by Gasteiger charge is -2.18. The maximum Gasteiger partial charge on any atom is 0.412 e. The van der Waals surface area contributed by atoms with Gasteiger partial charge in [0.25, 0.3) is 0 Å². The molecule has 0 aliphatic carbocycles. The van der Waals surface area contributed by atoms with Crippen molar-refractivity contribution < 1.29 is 17.4 Å². The molecular weight excluding hydrogens is 266 g/mol. The molecular formula is C13H17NO4S. The minimum Gasteiger partial charge on any atom is -0.366 e. The van der Waals surface area contributed by atoms with Gasteiger partial charge in [-0.05, 0) is 38.3 Å². The number of carbonyl (C=O) groups excluding carboxylic acids is 1. The van der Waals surface area contributed by atoms with Crippen LogP contribution in [0.5, 0.6) is 5.75 Å². The molecule has 1 aliphatic heterocycles. The molecule has 1 heterocycles. The van der Waals surface area contributed by atoms with Gasteiger partial charge in [0.2, 0.25) is 5.91 Å². The number of hydrogen-bond acceptors (Lipinski definition) is 4. The summed E-state index contributed by atoms with van der Waals surface area (Å²) in [7, 11) is -4.04. The molecule has 0 aromatic heterocycles. The van der Waals surface area contributed by atoms with Crippen LogP contribution in [0, 0.1) is 20.8 Å². The fourth-order valence-corrected chi connectivity index (χ4v) is 3.57. The van der Waals surface area contributed by atoms with Gasteiger partial charge in [-0.3, -0.25) is 4.79 Å². The Bertz CT molecular complexity index is 599. The molecule has 0 saturated carbocycles. The predicted molar refractivity (Wildman–Crippen MR) is 71.1 cm³/mol. The normalized spacial score (nSPS) is 15.9. The van der Waals surface area contributed by atoms with Crippen LogP contribution in [0.2, 0.25) is 0 Å². The molecule has 0 unspecified atom stereocenters. The zero-order chi connectivity index (χ0) is 14.2. The summed E-state index contributed by atoms with van der Waals surface area (Å²) < 4.78 is 30.1. The van der Waals surface area contributed by atoms with Gasteiger partial charge in [0.15, 0.2) is 0 Å². The van der Waals surface area contributed by atoms with Crippen LogP contribution in [-0.4, -0.2) is 25.2 Å². The van der Waals surface area contributed by atoms with Crippen molar-refractivity contribution in [3.63, 3.8) is 0 Å². The third kappa shape index (κ3) is 2.73. The average Bonchev–Trinajstić information content (AvgIpc) is 2.70. The van der Waals surface area contributed by atoms with Crippen molar-refractivity contribution in [1.29, 1.82) is 0 Å². The molecule has 0 atom stereocenters. The summed E-state index contributed by atoms with van der Waals surface area (Å²) >= 11 is 0. The van der Waals surface area contributed by atoms with Crippen LogP contribution in [0.3, 0.4) is 0 Å². The molecule has 1 saturated heterocycles. The molecule has 1 amide bonds. The van der Waals surface area contributed by atoms with E-state index < -0.39 is 16.2 Å². The summed E-state index contributed by atoms with van der Waals surface area (Å²) in [5, 5.41) is 0. The Labute approximate surface area is 113 Å². The van der Waals surface area contributed by atoms with E-state index in [9.17, 15) is 13.2 Å². The van der Waals surface area contributed by atoms with E-state index in [4.69, 9.17) is 4.18 Å². The maximum absolute atomic E-state index is 12.1. The van der Waals surface area contributed by atoms with Gasteiger partial charge in [-0.15, -0.1) is 0 Å². The number of carbonyl (C=O) groups is 1. The van der Waals surface area contributed by atoms with Crippen LogP contribution < -0.4 is 4.18 Å². The Morgan fingerprint density at radius 1 is 1.16 bits per heavy atom. The van der Waals surface area contributed by atoms with Crippen LogP contribution in [0.4, 0.5) is 0 Å². The highest BCUT2D eigenvalue weighted by Crippen LogP contribution is 2.27. The van der Waals surface area contributed by atoms with Gasteiger partial charge in [0.05, 0.1) is 0 Å². The van der Waals surface area contributed by atoms with Crippen molar-refractivity contribution in [3.05, 3.63) is 28.8 Å². The summed E-state index contributed by atoms with van der Waals surface area (Å²) in [4.78, 5) is 11.5. The second-order valence-corrected chi connectivity index (χ2v) is 6.30. The van der Waals surface area contributed by atoms with Crippen molar-refractivity contribution in [2.75, 3.05) is 6.54 Å². The average molecular weight is 283 g/mol. The van der Waals surface area contributed by atoms with E-state index in [0.717, 1.165) is 21.0 Å². The number of rotatable bonds is 3. The minimum atomic E-state index is -4.04. The Morgan fingerprint density at radius 3 is 2.21 bits per heavy atom. The topological polar surface area (TPSA) is 63.7 Å². The van der Waals surface area contributed by atoms with Gasteiger partial charge in [-0.1, -0.05) is 17.7 Å². The second kappa shape index (κ2) is 4.85. The lowest BCUT2D eigenvalue weighted by molar-refractivity contribution is -0.123. The van der Waals surface area contributed by atoms with E-state index in [-0.39, 0.29) is 13.0 Å². The second-order valence-electron chi connectivity index (χ2n) is 4.84. The number of nitrogens with zero attached hydrogens (tertiary/aromatic N) is 1. The van der Waals surface area contributed by atoms with E-state index in [1.54, 1.807) is 13.8 Å². The fraction of sp³-hybridized carbons (Fsp3) is 0.462. The first-order valence-electron chi connectivity index (χ1n) is 6.14. The Kier molecular flexibility index (Phi) is 3.54. The molecule has 1 aromatic rings. The summed E-state index contributed by atoms with van der Waals surface area (Å²) in [5.41, 5.74) is 2.53. The predicted octanol–water partition coefficient (Wildman–Crippen LogP) is 1.86. The third-order valence-corrected chi connectivity index (χ3v) is 4.40. The van der Waals surface area contributed by atoms with Crippen LogP contribution in [-0.2, 0) is 15.1 Å². The molecule has 1 fully saturated rings. The zero-order valence-electron chi connectivity index (χ0n) is 11.3. The van der Waals surface area contributed by atoms with Gasteiger partial charge in [0, 0.05) is 13.0 Å². The van der Waals surface area contributed by atoms with E-state index >= 15 is 0 Å². The van der Waals surface area contributed by atoms with E-state index in [1.807, 2.05) is 19.1 Å². The fourth-order valence-electron chi connectivity index (χ4n) is 2.31. The van der Waals surface area contributed by atoms with Crippen LogP contribution >= 0.6 is 0 Å². The Hall–Kier alpha value is -1.56. The third-order valence-electron chi connectivity index (χ3n) is 3.09. The highest BCUT2D eigenvalue weighted by Gasteiger charge is 2.33. The number of benzene rings is 1. The minimum absolute atomic E-state index is 0.200. The largest absolute Gasteiger partial charge is 0.412 e. The quantitative estimate of drug-likeness (QED) is 0.849. The van der Waals surface area contributed by atoms with E-state index in [0.29, 0.717) is 12.2 Å². The lowest BCUT2D eigenvalue weighted by Crippen LogP contribution is -2.35. The molecule has 5 nitrogen and oxygen atoms in total. The van der Waals surface area contributed by atoms with Crippen molar-refractivity contribution in [2.24, 2.45) is 0 Å². The standard InChI is InChI=1S/C13H17NO4S/c1-9-7-10(2)13(11(3)8-9)18-19(16,17)14-6-4-5-12(14)15/h7-8H,4-6H2,1-3H3. The molecule has 1 aliphatic rings. The summed E-state index contributed by atoms with van der Waals surface area (Å²) in [6.45, 7) is 5.71. The van der Waals surface area contributed by atoms with E-state index in [1.165, 1.54) is 0 Å². The van der Waals surface area contributed by atoms with E-state index in [2.05, 4.69) is 0 Å². The number of hydrogen-bond donors (Lipinski definition) is 0. The SMILES string of the molecule is Cc1cc(C)c(OS(=O)(=O)N2CCCC2=O)c(C)c1. The lowest BCUT2D eigenvalue weighted by atomic mass is 10.1. The zero-order valence-corrected chi connectivity index (χ0v) is 12.1. The molecule has 0 radical (unpaired) electrons. The Balaban J connectivity index is 2.33. The molecule has 0 bridgehead atoms. The number of amides is 1. The highest BCUT2D eigenvalue weighted by atomic mass is 32.2.